The van der Waals surface area contributed by atoms with Crippen LogP contribution in [0.4, 0.5) is 0 Å². The van der Waals surface area contributed by atoms with Crippen LogP contribution < -0.4 is 5.32 Å². The Morgan fingerprint density at radius 2 is 1.04 bits per heavy atom. The molecule has 9 heteroatoms. The van der Waals surface area contributed by atoms with Crippen LogP contribution in [-0.2, 0) is 23.1 Å². The molecule has 8 nitrogen and oxygen atoms in total. The molecule has 2 unspecified atom stereocenters. The van der Waals surface area contributed by atoms with Gasteiger partial charge in [-0.05, 0) is 32.7 Å². The quantitative estimate of drug-likeness (QED) is 0.0365. The van der Waals surface area contributed by atoms with Gasteiger partial charge in [-0.1, -0.05) is 167 Å². The summed E-state index contributed by atoms with van der Waals surface area (Å²) in [5, 5.41) is 3.43. The number of nitrogens with one attached hydrogen (secondary N) is 1. The van der Waals surface area contributed by atoms with Crippen molar-refractivity contribution in [2.75, 3.05) is 60.6 Å². The summed E-state index contributed by atoms with van der Waals surface area (Å²) in [5.74, 6) is 0.321. The van der Waals surface area contributed by atoms with Crippen molar-refractivity contribution in [2.24, 2.45) is 0 Å². The molecule has 0 saturated carbocycles. The first kappa shape index (κ1) is 50.7. The van der Waals surface area contributed by atoms with Gasteiger partial charge < -0.3 is 24.2 Å². The van der Waals surface area contributed by atoms with E-state index in [4.69, 9.17) is 13.8 Å². The number of nitrogens with zero attached hydrogens (tertiary/aromatic N) is 1. The van der Waals surface area contributed by atoms with Gasteiger partial charge in [-0.3, -0.25) is 9.05 Å². The van der Waals surface area contributed by atoms with Crippen LogP contribution in [-0.4, -0.2) is 81.9 Å². The van der Waals surface area contributed by atoms with E-state index < -0.39 is 13.9 Å². The van der Waals surface area contributed by atoms with Gasteiger partial charge in [0.15, 0.2) is 0 Å². The Morgan fingerprint density at radius 3 is 1.47 bits per heavy atom. The molecule has 0 rings (SSSR count). The third kappa shape index (κ3) is 42.3. The summed E-state index contributed by atoms with van der Waals surface area (Å²) in [4.78, 5) is 21.4. The zero-order valence-corrected chi connectivity index (χ0v) is 35.6. The summed E-state index contributed by atoms with van der Waals surface area (Å²) in [6, 6.07) is 0. The second-order valence-electron chi connectivity index (χ2n) is 16.3. The number of ketones is 1. The van der Waals surface area contributed by atoms with Crippen LogP contribution in [0.5, 0.6) is 0 Å². The van der Waals surface area contributed by atoms with Gasteiger partial charge in [-0.15, -0.1) is 0 Å². The fourth-order valence-electron chi connectivity index (χ4n) is 6.40. The molecule has 2 N–H and O–H groups in total. The highest BCUT2D eigenvalue weighted by atomic mass is 31.2. The molecule has 2 atom stereocenters. The van der Waals surface area contributed by atoms with E-state index >= 15 is 0 Å². The topological polar surface area (TPSA) is 94.1 Å². The Kier molecular flexibility index (Phi) is 36.4. The van der Waals surface area contributed by atoms with Crippen molar-refractivity contribution in [3.8, 4) is 0 Å². The Bertz CT molecular complexity index is 794. The number of quaternary nitrogens is 1. The minimum absolute atomic E-state index is 0.168. The lowest BCUT2D eigenvalue weighted by Gasteiger charge is -2.25. The largest absolute Gasteiger partial charge is 0.472 e. The summed E-state index contributed by atoms with van der Waals surface area (Å²) in [6.07, 6.45) is 36.6. The minimum Gasteiger partial charge on any atom is -0.379 e. The number of likely N-dealkylation sites (N-methyl/N-ethyl adjacent to an activating group) is 1. The molecule has 306 valence electrons. The lowest BCUT2D eigenvalue weighted by atomic mass is 10.0. The molecular formula is C42H88N2O6P+. The Labute approximate surface area is 317 Å². The molecule has 51 heavy (non-hydrogen) atoms. The molecule has 0 aliphatic carbocycles. The lowest BCUT2D eigenvalue weighted by Crippen LogP contribution is -2.37. The van der Waals surface area contributed by atoms with Gasteiger partial charge in [-0.2, -0.15) is 0 Å². The van der Waals surface area contributed by atoms with Gasteiger partial charge in [0.2, 0.25) is 0 Å². The molecule has 0 saturated heterocycles. The molecule has 0 spiro atoms. The van der Waals surface area contributed by atoms with Crippen LogP contribution in [0.2, 0.25) is 0 Å². The number of phosphoric acid groups is 1. The predicted molar refractivity (Wildman–Crippen MR) is 217 cm³/mol. The molecule has 0 heterocycles. The summed E-state index contributed by atoms with van der Waals surface area (Å²) in [5.41, 5.74) is 0. The van der Waals surface area contributed by atoms with Crippen molar-refractivity contribution < 1.29 is 32.5 Å². The molecule has 0 aromatic heterocycles. The number of carbonyl (C=O) groups is 1. The van der Waals surface area contributed by atoms with Gasteiger partial charge in [0.1, 0.15) is 25.0 Å². The number of unbranched alkanes of at least 4 members (excludes halogenated alkanes) is 26. The highest BCUT2D eigenvalue weighted by molar-refractivity contribution is 7.47. The maximum atomic E-state index is 12.7. The summed E-state index contributed by atoms with van der Waals surface area (Å²) in [7, 11) is 1.91. The zero-order chi connectivity index (χ0) is 37.7. The highest BCUT2D eigenvalue weighted by Gasteiger charge is 2.27. The molecular weight excluding hydrogens is 659 g/mol. The molecule has 0 aromatic carbocycles. The molecule has 0 bridgehead atoms. The van der Waals surface area contributed by atoms with Crippen molar-refractivity contribution in [2.45, 2.75) is 206 Å². The minimum atomic E-state index is -4.16. The maximum Gasteiger partial charge on any atom is 0.472 e. The number of hydrogen-bond acceptors (Lipinski definition) is 6. The SMILES string of the molecule is CCCCCCCCCCCCCCCCOCC(CNCCCCCCCCCCCCCCCCC(C)=O)OP(=O)(O)OCC[N+](C)(C)C. The second-order valence-corrected chi connectivity index (χ2v) is 17.7. The van der Waals surface area contributed by atoms with Crippen LogP contribution >= 0.6 is 7.82 Å². The van der Waals surface area contributed by atoms with E-state index in [1.165, 1.54) is 161 Å². The maximum absolute atomic E-state index is 12.7. The molecule has 0 amide bonds. The number of carbonyl (C=O) groups excluding carboxylic acids is 1. The smallest absolute Gasteiger partial charge is 0.379 e. The first-order chi connectivity index (χ1) is 24.6. The van der Waals surface area contributed by atoms with Gasteiger partial charge >= 0.3 is 7.82 Å². The second kappa shape index (κ2) is 36.6. The Balaban J connectivity index is 4.02. The Morgan fingerprint density at radius 1 is 0.627 bits per heavy atom. The van der Waals surface area contributed by atoms with Gasteiger partial charge in [-0.25, -0.2) is 4.57 Å². The number of phosphoric ester groups is 1. The van der Waals surface area contributed by atoms with Gasteiger partial charge in [0, 0.05) is 19.6 Å². The van der Waals surface area contributed by atoms with Gasteiger partial charge in [0.05, 0.1) is 27.7 Å². The van der Waals surface area contributed by atoms with Crippen LogP contribution in [0.3, 0.4) is 0 Å². The average molecular weight is 748 g/mol. The van der Waals surface area contributed by atoms with Crippen molar-refractivity contribution in [1.29, 1.82) is 0 Å². The normalized spacial score (nSPS) is 13.8. The summed E-state index contributed by atoms with van der Waals surface area (Å²) >= 11 is 0. The van der Waals surface area contributed by atoms with Crippen LogP contribution in [0.15, 0.2) is 0 Å². The number of rotatable bonds is 42. The van der Waals surface area contributed by atoms with E-state index in [2.05, 4.69) is 12.2 Å². The van der Waals surface area contributed by atoms with Crippen molar-refractivity contribution in [3.63, 3.8) is 0 Å². The standard InChI is InChI=1S/C42H87N2O6P/c1-6-7-8-9-10-11-12-13-18-21-24-27-30-33-37-48-40-42(50-51(46,47)49-38-36-44(3,4)5)39-43-35-32-29-26-23-20-17-15-14-16-19-22-25-28-31-34-41(2)45/h42-43H,6-40H2,1-5H3/p+1. The number of Topliss-reactive ketones (excluding diaryl/α,β-unsaturated/α-hetero) is 1. The van der Waals surface area contributed by atoms with Crippen molar-refractivity contribution in [1.82, 2.24) is 5.32 Å². The Hall–Kier alpha value is -0.340. The van der Waals surface area contributed by atoms with E-state index in [-0.39, 0.29) is 13.2 Å². The van der Waals surface area contributed by atoms with Crippen LogP contribution in [0.1, 0.15) is 200 Å². The molecule has 0 aromatic rings. The van der Waals surface area contributed by atoms with E-state index in [1.807, 2.05) is 21.1 Å². The average Bonchev–Trinajstić information content (AvgIpc) is 3.06. The molecule has 0 aliphatic heterocycles. The van der Waals surface area contributed by atoms with E-state index in [9.17, 15) is 14.3 Å². The lowest BCUT2D eigenvalue weighted by molar-refractivity contribution is -0.870. The van der Waals surface area contributed by atoms with Crippen molar-refractivity contribution in [3.05, 3.63) is 0 Å². The molecule has 0 radical (unpaired) electrons. The first-order valence-electron chi connectivity index (χ1n) is 21.8. The molecule has 0 fully saturated rings. The third-order valence-electron chi connectivity index (χ3n) is 9.75. The number of hydrogen-bond donors (Lipinski definition) is 2. The summed E-state index contributed by atoms with van der Waals surface area (Å²) < 4.78 is 30.2. The van der Waals surface area contributed by atoms with E-state index in [0.717, 1.165) is 32.2 Å². The third-order valence-corrected chi connectivity index (χ3v) is 10.8. The van der Waals surface area contributed by atoms with E-state index in [1.54, 1.807) is 6.92 Å². The van der Waals surface area contributed by atoms with Crippen molar-refractivity contribution >= 4 is 13.6 Å². The van der Waals surface area contributed by atoms with Gasteiger partial charge in [0.25, 0.3) is 0 Å². The predicted octanol–water partition coefficient (Wildman–Crippen LogP) is 11.7. The van der Waals surface area contributed by atoms with Crippen LogP contribution in [0, 0.1) is 0 Å². The molecule has 0 aliphatic rings. The fraction of sp³-hybridized carbons (Fsp3) is 0.976. The number of ether oxygens (including phenoxy) is 1. The zero-order valence-electron chi connectivity index (χ0n) is 34.7. The van der Waals surface area contributed by atoms with E-state index in [0.29, 0.717) is 30.0 Å². The van der Waals surface area contributed by atoms with Crippen LogP contribution in [0.25, 0.3) is 0 Å². The summed E-state index contributed by atoms with van der Waals surface area (Å²) in [6.45, 7) is 7.04. The highest BCUT2D eigenvalue weighted by Crippen LogP contribution is 2.44. The first-order valence-corrected chi connectivity index (χ1v) is 23.3. The fourth-order valence-corrected chi connectivity index (χ4v) is 7.28. The monoisotopic (exact) mass is 748 g/mol.